The van der Waals surface area contributed by atoms with Gasteiger partial charge in [-0.2, -0.15) is 0 Å². The molecule has 0 radical (unpaired) electrons. The third-order valence-electron chi connectivity index (χ3n) is 5.49. The molecule has 0 saturated carbocycles. The summed E-state index contributed by atoms with van der Waals surface area (Å²) in [6.07, 6.45) is 5.44. The number of amides is 1. The zero-order valence-corrected chi connectivity index (χ0v) is 23.9. The predicted octanol–water partition coefficient (Wildman–Crippen LogP) is 7.52. The number of ether oxygens (including phenoxy) is 1. The Labute approximate surface area is 232 Å². The van der Waals surface area contributed by atoms with E-state index in [1.807, 2.05) is 30.4 Å². The summed E-state index contributed by atoms with van der Waals surface area (Å²) >= 11 is 7.45. The zero-order chi connectivity index (χ0) is 24.8. The van der Waals surface area contributed by atoms with Gasteiger partial charge in [0.15, 0.2) is 5.50 Å². The lowest BCUT2D eigenvalue weighted by Gasteiger charge is -2.14. The van der Waals surface area contributed by atoms with Gasteiger partial charge in [0.1, 0.15) is 12.4 Å². The van der Waals surface area contributed by atoms with Crippen molar-refractivity contribution in [2.24, 2.45) is 0 Å². The molecule has 4 rings (SSSR count). The number of nitrogens with one attached hydrogen (secondary N) is 2. The summed E-state index contributed by atoms with van der Waals surface area (Å²) < 4.78 is 8.22. The molecular formula is C28H26BrIN2O2S. The van der Waals surface area contributed by atoms with Crippen molar-refractivity contribution < 1.29 is 9.53 Å². The number of allylic oxidation sites excluding steroid dienone is 1. The fraction of sp³-hybridized carbons (Fsp3) is 0.179. The van der Waals surface area contributed by atoms with Gasteiger partial charge in [0.2, 0.25) is 0 Å². The zero-order valence-electron chi connectivity index (χ0n) is 19.3. The van der Waals surface area contributed by atoms with E-state index in [1.165, 1.54) is 20.9 Å². The predicted molar refractivity (Wildman–Crippen MR) is 158 cm³/mol. The number of anilines is 1. The second-order valence-electron chi connectivity index (χ2n) is 8.07. The Morgan fingerprint density at radius 3 is 2.54 bits per heavy atom. The largest absolute Gasteiger partial charge is 0.487 e. The average molecular weight is 661 g/mol. The van der Waals surface area contributed by atoms with E-state index in [4.69, 9.17) is 4.74 Å². The number of aryl methyl sites for hydroxylation is 1. The van der Waals surface area contributed by atoms with Crippen LogP contribution in [0.1, 0.15) is 29.2 Å². The minimum atomic E-state index is -0.214. The van der Waals surface area contributed by atoms with Gasteiger partial charge in [0.25, 0.3) is 5.91 Å². The molecule has 1 fully saturated rings. The van der Waals surface area contributed by atoms with Crippen molar-refractivity contribution in [2.75, 3.05) is 5.32 Å². The fourth-order valence-corrected chi connectivity index (χ4v) is 5.64. The summed E-state index contributed by atoms with van der Waals surface area (Å²) in [7, 11) is 0. The number of benzene rings is 3. The fourth-order valence-electron chi connectivity index (χ4n) is 3.67. The van der Waals surface area contributed by atoms with Gasteiger partial charge in [0.05, 0.1) is 9.38 Å². The molecule has 1 aliphatic heterocycles. The van der Waals surface area contributed by atoms with Crippen molar-refractivity contribution in [3.8, 4) is 5.75 Å². The number of hydrogen-bond acceptors (Lipinski definition) is 4. The van der Waals surface area contributed by atoms with Crippen LogP contribution in [0, 0.1) is 3.57 Å². The van der Waals surface area contributed by atoms with Crippen LogP contribution in [0.15, 0.2) is 82.7 Å². The highest BCUT2D eigenvalue weighted by atomic mass is 127. The first-order valence-electron chi connectivity index (χ1n) is 11.3. The van der Waals surface area contributed by atoms with Gasteiger partial charge in [-0.25, -0.2) is 0 Å². The minimum absolute atomic E-state index is 0.0851. The van der Waals surface area contributed by atoms with Gasteiger partial charge in [-0.1, -0.05) is 49.0 Å². The van der Waals surface area contributed by atoms with Crippen molar-refractivity contribution in [3.63, 3.8) is 0 Å². The maximum atomic E-state index is 12.6. The van der Waals surface area contributed by atoms with Gasteiger partial charge in [-0.05, 0) is 116 Å². The summed E-state index contributed by atoms with van der Waals surface area (Å²) in [5.74, 6) is 0.710. The SMILES string of the molecule is C=CCc1cc(/C=C2\S[C@H](Nc3ccc(CC)cc3)NC2=O)cc(Br)c1OCc1ccc(I)cc1. The van der Waals surface area contributed by atoms with Gasteiger partial charge in [-0.15, -0.1) is 6.58 Å². The molecule has 1 saturated heterocycles. The molecule has 1 amide bonds. The second kappa shape index (κ2) is 12.1. The second-order valence-corrected chi connectivity index (χ2v) is 11.3. The molecule has 4 nitrogen and oxygen atoms in total. The quantitative estimate of drug-likeness (QED) is 0.142. The molecule has 0 aromatic heterocycles. The van der Waals surface area contributed by atoms with Gasteiger partial charge < -0.3 is 15.4 Å². The summed E-state index contributed by atoms with van der Waals surface area (Å²) in [4.78, 5) is 13.3. The van der Waals surface area contributed by atoms with Crippen LogP contribution in [-0.2, 0) is 24.2 Å². The van der Waals surface area contributed by atoms with Crippen LogP contribution in [-0.4, -0.2) is 11.4 Å². The molecule has 0 aliphatic carbocycles. The smallest absolute Gasteiger partial charge is 0.260 e. The van der Waals surface area contributed by atoms with Crippen LogP contribution >= 0.6 is 50.3 Å². The molecule has 1 heterocycles. The number of halogens is 2. The Morgan fingerprint density at radius 2 is 1.86 bits per heavy atom. The molecule has 3 aromatic carbocycles. The van der Waals surface area contributed by atoms with Crippen LogP contribution < -0.4 is 15.4 Å². The molecule has 1 aliphatic rings. The number of hydrogen-bond donors (Lipinski definition) is 2. The van der Waals surface area contributed by atoms with Crippen molar-refractivity contribution in [1.82, 2.24) is 5.32 Å². The van der Waals surface area contributed by atoms with E-state index in [9.17, 15) is 4.79 Å². The molecule has 0 spiro atoms. The van der Waals surface area contributed by atoms with E-state index in [-0.39, 0.29) is 11.4 Å². The highest BCUT2D eigenvalue weighted by molar-refractivity contribution is 14.1. The van der Waals surface area contributed by atoms with Gasteiger partial charge in [-0.3, -0.25) is 4.79 Å². The molecule has 0 unspecified atom stereocenters. The molecule has 180 valence electrons. The molecular weight excluding hydrogens is 635 g/mol. The molecule has 7 heteroatoms. The van der Waals surface area contributed by atoms with Crippen molar-refractivity contribution >= 4 is 68.0 Å². The lowest BCUT2D eigenvalue weighted by molar-refractivity contribution is -0.116. The molecule has 2 N–H and O–H groups in total. The van der Waals surface area contributed by atoms with Crippen molar-refractivity contribution in [1.29, 1.82) is 0 Å². The molecule has 0 bridgehead atoms. The first-order valence-corrected chi connectivity index (χ1v) is 14.1. The monoisotopic (exact) mass is 660 g/mol. The van der Waals surface area contributed by atoms with Crippen molar-refractivity contribution in [2.45, 2.75) is 31.9 Å². The lowest BCUT2D eigenvalue weighted by atomic mass is 10.1. The first-order chi connectivity index (χ1) is 16.9. The Hall–Kier alpha value is -2.23. The highest BCUT2D eigenvalue weighted by Crippen LogP contribution is 2.35. The van der Waals surface area contributed by atoms with Crippen LogP contribution in [0.3, 0.4) is 0 Å². The van der Waals surface area contributed by atoms with Gasteiger partial charge in [0, 0.05) is 9.26 Å². The number of carbonyl (C=O) groups excluding carboxylic acids is 1. The van der Waals surface area contributed by atoms with Crippen LogP contribution in [0.25, 0.3) is 6.08 Å². The lowest BCUT2D eigenvalue weighted by Crippen LogP contribution is -2.30. The number of thioether (sulfide) groups is 1. The van der Waals surface area contributed by atoms with E-state index >= 15 is 0 Å². The van der Waals surface area contributed by atoms with Crippen LogP contribution in [0.5, 0.6) is 5.75 Å². The average Bonchev–Trinajstić information content (AvgIpc) is 3.18. The normalized spacial score (nSPS) is 16.3. The summed E-state index contributed by atoms with van der Waals surface area (Å²) in [6.45, 7) is 6.51. The first kappa shape index (κ1) is 25.9. The standard InChI is InChI=1S/C28H26BrIN2O2S/c1-3-5-21-14-20(15-24(29)26(21)34-17-19-6-10-22(30)11-7-19)16-25-27(33)32-28(35-25)31-23-12-8-18(4-2)9-13-23/h3,6-16,28,31H,1,4-5,17H2,2H3,(H,32,33)/b25-16-/t28-/m1/s1. The van der Waals surface area contributed by atoms with Crippen LogP contribution in [0.4, 0.5) is 5.69 Å². The van der Waals surface area contributed by atoms with E-state index in [2.05, 4.69) is 105 Å². The minimum Gasteiger partial charge on any atom is -0.487 e. The third kappa shape index (κ3) is 6.92. The summed E-state index contributed by atoms with van der Waals surface area (Å²) in [6, 6.07) is 20.6. The number of rotatable bonds is 9. The van der Waals surface area contributed by atoms with E-state index in [1.54, 1.807) is 0 Å². The Kier molecular flexibility index (Phi) is 8.97. The summed E-state index contributed by atoms with van der Waals surface area (Å²) in [5.41, 5.74) is 5.10. The van der Waals surface area contributed by atoms with E-state index in [0.717, 1.165) is 39.0 Å². The topological polar surface area (TPSA) is 50.4 Å². The van der Waals surface area contributed by atoms with Gasteiger partial charge >= 0.3 is 0 Å². The Balaban J connectivity index is 1.49. The molecule has 1 atom stereocenters. The van der Waals surface area contributed by atoms with Crippen molar-refractivity contribution in [3.05, 3.63) is 109 Å². The third-order valence-corrected chi connectivity index (χ3v) is 7.83. The summed E-state index contributed by atoms with van der Waals surface area (Å²) in [5, 5.41) is 6.37. The Morgan fingerprint density at radius 1 is 1.14 bits per heavy atom. The molecule has 35 heavy (non-hydrogen) atoms. The molecule has 3 aromatic rings. The van der Waals surface area contributed by atoms with Crippen LogP contribution in [0.2, 0.25) is 0 Å². The van der Waals surface area contributed by atoms with E-state index in [0.29, 0.717) is 17.9 Å². The van der Waals surface area contributed by atoms with E-state index < -0.39 is 0 Å². The maximum absolute atomic E-state index is 12.6. The highest BCUT2D eigenvalue weighted by Gasteiger charge is 2.27. The number of carbonyl (C=O) groups is 1. The Bertz CT molecular complexity index is 1240. The maximum Gasteiger partial charge on any atom is 0.260 e.